The molecule has 1 N–H and O–H groups in total. The topological polar surface area (TPSA) is 130 Å². The van der Waals surface area contributed by atoms with E-state index in [9.17, 15) is 9.59 Å². The predicted octanol–water partition coefficient (Wildman–Crippen LogP) is 3.36. The summed E-state index contributed by atoms with van der Waals surface area (Å²) in [4.78, 5) is 35.0. The molecule has 0 bridgehead atoms. The lowest BCUT2D eigenvalue weighted by molar-refractivity contribution is -0.122. The fourth-order valence-electron chi connectivity index (χ4n) is 3.64. The van der Waals surface area contributed by atoms with Crippen LogP contribution in [-0.4, -0.2) is 81.3 Å². The van der Waals surface area contributed by atoms with E-state index in [0.29, 0.717) is 93.2 Å². The van der Waals surface area contributed by atoms with Crippen LogP contribution in [0.15, 0.2) is 31.5 Å². The summed E-state index contributed by atoms with van der Waals surface area (Å²) in [5.41, 5.74) is 0.111. The summed E-state index contributed by atoms with van der Waals surface area (Å²) in [6.45, 7) is 9.80. The van der Waals surface area contributed by atoms with Crippen LogP contribution in [-0.2, 0) is 23.8 Å². The molecule has 1 aromatic rings. The van der Waals surface area contributed by atoms with Crippen LogP contribution in [0.2, 0.25) is 0 Å². The molecule has 11 nitrogen and oxygen atoms in total. The first-order valence-corrected chi connectivity index (χ1v) is 14.7. The quantitative estimate of drug-likeness (QED) is 0.143. The molecule has 39 heavy (non-hydrogen) atoms. The Morgan fingerprint density at radius 2 is 1.85 bits per heavy atom. The van der Waals surface area contributed by atoms with Gasteiger partial charge in [-0.3, -0.25) is 9.79 Å². The van der Waals surface area contributed by atoms with E-state index in [0.717, 1.165) is 19.3 Å². The Morgan fingerprint density at radius 1 is 1.13 bits per heavy atom. The predicted molar refractivity (Wildman–Crippen MR) is 150 cm³/mol. The van der Waals surface area contributed by atoms with E-state index in [1.807, 2.05) is 13.8 Å². The van der Waals surface area contributed by atoms with Crippen molar-refractivity contribution in [2.45, 2.75) is 58.5 Å². The van der Waals surface area contributed by atoms with Crippen LogP contribution in [0.5, 0.6) is 5.75 Å². The lowest BCUT2D eigenvalue weighted by Crippen LogP contribution is -2.37. The average molecular weight is 568 g/mol. The molecule has 3 rings (SSSR count). The van der Waals surface area contributed by atoms with Crippen LogP contribution in [0, 0.1) is 5.92 Å². The number of thioether (sulfide) groups is 1. The molecule has 2 atom stereocenters. The van der Waals surface area contributed by atoms with Crippen molar-refractivity contribution in [1.29, 1.82) is 0 Å². The second-order valence-corrected chi connectivity index (χ2v) is 10.3. The molecule has 1 amide bonds. The number of hydrogen-bond acceptors (Lipinski definition) is 11. The highest BCUT2D eigenvalue weighted by molar-refractivity contribution is 8.16. The maximum atomic E-state index is 13.0. The molecule has 218 valence electrons. The lowest BCUT2D eigenvalue weighted by atomic mass is 10.1. The Morgan fingerprint density at radius 3 is 2.54 bits per heavy atom. The van der Waals surface area contributed by atoms with Crippen molar-refractivity contribution in [2.75, 3.05) is 58.6 Å². The molecule has 1 unspecified atom stereocenters. The molecule has 2 heterocycles. The first-order chi connectivity index (χ1) is 19.0. The first-order valence-electron chi connectivity index (χ1n) is 13.7. The van der Waals surface area contributed by atoms with Crippen molar-refractivity contribution in [3.8, 4) is 5.75 Å². The Hall–Kier alpha value is -2.41. The zero-order valence-corrected chi connectivity index (χ0v) is 24.0. The standard InChI is InChI=1S/C27H41N3O8S/c1-4-6-22(24-15-21(16-25(31)38-24)36-17-20-7-8-20)28-26(32)23-18-39-27(29-23)19(3)30-37-14-13-35-12-11-34-10-9-33-5-2/h15-16,20,22-23H,4-14,17-18H2,1-3H3,(H,28,32)/b30-19+/t22-,23?/m1/s1. The van der Waals surface area contributed by atoms with Crippen molar-refractivity contribution in [2.24, 2.45) is 16.1 Å². The monoisotopic (exact) mass is 567 g/mol. The normalized spacial score (nSPS) is 18.1. The van der Waals surface area contributed by atoms with Crippen molar-refractivity contribution >= 4 is 28.4 Å². The van der Waals surface area contributed by atoms with Gasteiger partial charge in [-0.1, -0.05) is 18.5 Å². The van der Waals surface area contributed by atoms with E-state index in [1.165, 1.54) is 17.8 Å². The highest BCUT2D eigenvalue weighted by Crippen LogP contribution is 2.30. The van der Waals surface area contributed by atoms with Gasteiger partial charge in [-0.25, -0.2) is 4.79 Å². The summed E-state index contributed by atoms with van der Waals surface area (Å²) in [7, 11) is 0. The van der Waals surface area contributed by atoms with Gasteiger partial charge in [0.1, 0.15) is 34.9 Å². The molecule has 0 aromatic carbocycles. The molecule has 2 aliphatic rings. The van der Waals surface area contributed by atoms with E-state index in [2.05, 4.69) is 15.5 Å². The smallest absolute Gasteiger partial charge is 0.339 e. The zero-order chi connectivity index (χ0) is 27.9. The van der Waals surface area contributed by atoms with E-state index in [1.54, 1.807) is 13.0 Å². The number of ether oxygens (including phenoxy) is 4. The summed E-state index contributed by atoms with van der Waals surface area (Å²) in [6.07, 6.45) is 3.72. The number of nitrogens with one attached hydrogen (secondary N) is 1. The Bertz CT molecular complexity index is 1010. The van der Waals surface area contributed by atoms with Gasteiger partial charge in [-0.2, -0.15) is 0 Å². The van der Waals surface area contributed by atoms with Crippen molar-refractivity contribution in [3.05, 3.63) is 28.3 Å². The molecule has 1 fully saturated rings. The van der Waals surface area contributed by atoms with Gasteiger partial charge in [0.15, 0.2) is 0 Å². The van der Waals surface area contributed by atoms with Gasteiger partial charge in [-0.15, -0.1) is 11.8 Å². The molecule has 1 aliphatic heterocycles. The molecular weight excluding hydrogens is 526 g/mol. The van der Waals surface area contributed by atoms with Gasteiger partial charge in [0.05, 0.1) is 51.7 Å². The molecule has 1 saturated carbocycles. The summed E-state index contributed by atoms with van der Waals surface area (Å²) < 4.78 is 27.2. The molecular formula is C27H41N3O8S. The van der Waals surface area contributed by atoms with Gasteiger partial charge in [0, 0.05) is 18.4 Å². The maximum absolute atomic E-state index is 13.0. The number of hydrogen-bond donors (Lipinski definition) is 1. The third-order valence-corrected chi connectivity index (χ3v) is 7.07. The van der Waals surface area contributed by atoms with Crippen LogP contribution >= 0.6 is 11.8 Å². The molecule has 0 radical (unpaired) electrons. The van der Waals surface area contributed by atoms with E-state index in [-0.39, 0.29) is 5.91 Å². The number of rotatable bonds is 20. The number of carbonyl (C=O) groups is 1. The SMILES string of the molecule is CCC[C@@H](NC(=O)C1CSC(/C(C)=N/OCCOCCOCCOCC)=N1)c1cc(OCC2CC2)cc(=O)o1. The Kier molecular flexibility index (Phi) is 13.8. The van der Waals surface area contributed by atoms with Gasteiger partial charge >= 0.3 is 5.63 Å². The number of nitrogens with zero attached hydrogens (tertiary/aromatic N) is 2. The summed E-state index contributed by atoms with van der Waals surface area (Å²) in [6, 6.07) is 2.03. The van der Waals surface area contributed by atoms with Crippen molar-refractivity contribution in [1.82, 2.24) is 5.32 Å². The first kappa shape index (κ1) is 31.1. The maximum Gasteiger partial charge on any atom is 0.339 e. The van der Waals surface area contributed by atoms with E-state index in [4.69, 9.17) is 28.2 Å². The Labute approximate surface area is 234 Å². The van der Waals surface area contributed by atoms with Gasteiger partial charge < -0.3 is 33.5 Å². The van der Waals surface area contributed by atoms with Gasteiger partial charge in [-0.05, 0) is 39.0 Å². The van der Waals surface area contributed by atoms with Crippen LogP contribution in [0.4, 0.5) is 0 Å². The third kappa shape index (κ3) is 11.7. The number of carbonyl (C=O) groups excluding carboxylic acids is 1. The molecule has 1 aromatic heterocycles. The second-order valence-electron chi connectivity index (χ2n) is 9.31. The van der Waals surface area contributed by atoms with Crippen molar-refractivity contribution in [3.63, 3.8) is 0 Å². The second kappa shape index (κ2) is 17.3. The minimum absolute atomic E-state index is 0.228. The molecule has 1 aliphatic carbocycles. The lowest BCUT2D eigenvalue weighted by Gasteiger charge is -2.19. The third-order valence-electron chi connectivity index (χ3n) is 5.91. The van der Waals surface area contributed by atoms with Crippen LogP contribution in [0.3, 0.4) is 0 Å². The molecule has 0 spiro atoms. The largest absolute Gasteiger partial charge is 0.493 e. The summed E-state index contributed by atoms with van der Waals surface area (Å²) in [5.74, 6) is 1.69. The van der Waals surface area contributed by atoms with E-state index < -0.39 is 17.7 Å². The van der Waals surface area contributed by atoms with Crippen LogP contribution in [0.25, 0.3) is 0 Å². The van der Waals surface area contributed by atoms with Crippen molar-refractivity contribution < 1.29 is 33.0 Å². The minimum atomic E-state index is -0.568. The number of oxime groups is 1. The highest BCUT2D eigenvalue weighted by Gasteiger charge is 2.29. The molecule has 12 heteroatoms. The Balaban J connectivity index is 1.43. The molecule has 0 saturated heterocycles. The fraction of sp³-hybridized carbons (Fsp3) is 0.704. The number of aliphatic imine (C=N–C) groups is 1. The van der Waals surface area contributed by atoms with Crippen LogP contribution < -0.4 is 15.7 Å². The fourth-order valence-corrected chi connectivity index (χ4v) is 4.63. The minimum Gasteiger partial charge on any atom is -0.493 e. The number of amides is 1. The summed E-state index contributed by atoms with van der Waals surface area (Å²) in [5, 5.41) is 7.77. The summed E-state index contributed by atoms with van der Waals surface area (Å²) >= 11 is 1.45. The van der Waals surface area contributed by atoms with Gasteiger partial charge in [0.2, 0.25) is 5.91 Å². The average Bonchev–Trinajstić information content (AvgIpc) is 3.62. The highest BCUT2D eigenvalue weighted by atomic mass is 32.2. The van der Waals surface area contributed by atoms with Gasteiger partial charge in [0.25, 0.3) is 0 Å². The zero-order valence-electron chi connectivity index (χ0n) is 23.1. The van der Waals surface area contributed by atoms with Crippen LogP contribution in [0.1, 0.15) is 58.3 Å². The van der Waals surface area contributed by atoms with E-state index >= 15 is 0 Å².